The third-order valence-corrected chi connectivity index (χ3v) is 3.86. The van der Waals surface area contributed by atoms with Crippen LogP contribution in [-0.4, -0.2) is 20.6 Å². The number of nitrogens with zero attached hydrogens (tertiary/aromatic N) is 2. The predicted octanol–water partition coefficient (Wildman–Crippen LogP) is 2.57. The second kappa shape index (κ2) is 7.00. The normalized spacial score (nSPS) is 11.9. The van der Waals surface area contributed by atoms with Gasteiger partial charge in [-0.05, 0) is 23.3 Å². The van der Waals surface area contributed by atoms with Crippen LogP contribution in [0.5, 0.6) is 5.75 Å². The topological polar surface area (TPSA) is 67.2 Å². The van der Waals surface area contributed by atoms with E-state index in [4.69, 9.17) is 0 Å². The van der Waals surface area contributed by atoms with Crippen molar-refractivity contribution in [3.05, 3.63) is 83.9 Å². The summed E-state index contributed by atoms with van der Waals surface area (Å²) in [5, 5.41) is 12.4. The van der Waals surface area contributed by atoms with Crippen molar-refractivity contribution in [1.82, 2.24) is 14.9 Å². The Morgan fingerprint density at radius 3 is 2.50 bits per heavy atom. The van der Waals surface area contributed by atoms with Crippen LogP contribution >= 0.6 is 0 Å². The number of aryl methyl sites for hydroxylation is 1. The van der Waals surface area contributed by atoms with Gasteiger partial charge in [-0.3, -0.25) is 4.79 Å². The number of aromatic nitrogens is 2. The second-order valence-electron chi connectivity index (χ2n) is 5.65. The van der Waals surface area contributed by atoms with Gasteiger partial charge >= 0.3 is 0 Å². The minimum Gasteiger partial charge on any atom is -0.508 e. The summed E-state index contributed by atoms with van der Waals surface area (Å²) in [5.41, 5.74) is 1.82. The molecule has 1 heterocycles. The average Bonchev–Trinajstić information content (AvgIpc) is 3.01. The van der Waals surface area contributed by atoms with Gasteiger partial charge in [-0.25, -0.2) is 4.98 Å². The summed E-state index contributed by atoms with van der Waals surface area (Å²) in [6.07, 6.45) is 3.82. The molecule has 0 spiro atoms. The van der Waals surface area contributed by atoms with Gasteiger partial charge in [0.25, 0.3) is 0 Å². The van der Waals surface area contributed by atoms with Crippen molar-refractivity contribution < 1.29 is 9.90 Å². The zero-order valence-corrected chi connectivity index (χ0v) is 13.4. The van der Waals surface area contributed by atoms with E-state index in [2.05, 4.69) is 10.3 Å². The zero-order chi connectivity index (χ0) is 16.9. The van der Waals surface area contributed by atoms with Gasteiger partial charge in [-0.15, -0.1) is 0 Å². The molecule has 3 rings (SSSR count). The second-order valence-corrected chi connectivity index (χ2v) is 5.65. The first-order valence-corrected chi connectivity index (χ1v) is 7.73. The molecule has 2 aromatic carbocycles. The van der Waals surface area contributed by atoms with Crippen LogP contribution in [0.3, 0.4) is 0 Å². The summed E-state index contributed by atoms with van der Waals surface area (Å²) in [7, 11) is 1.91. The van der Waals surface area contributed by atoms with E-state index in [1.165, 1.54) is 0 Å². The van der Waals surface area contributed by atoms with Gasteiger partial charge < -0.3 is 15.0 Å². The molecular weight excluding hydrogens is 302 g/mol. The summed E-state index contributed by atoms with van der Waals surface area (Å²) < 4.78 is 1.90. The number of benzene rings is 2. The van der Waals surface area contributed by atoms with E-state index >= 15 is 0 Å². The van der Waals surface area contributed by atoms with E-state index in [-0.39, 0.29) is 24.1 Å². The average molecular weight is 321 g/mol. The van der Waals surface area contributed by atoms with Crippen LogP contribution in [0.2, 0.25) is 0 Å². The highest BCUT2D eigenvalue weighted by molar-refractivity contribution is 5.79. The maximum Gasteiger partial charge on any atom is 0.225 e. The van der Waals surface area contributed by atoms with Crippen molar-refractivity contribution in [3.8, 4) is 5.75 Å². The summed E-state index contributed by atoms with van der Waals surface area (Å²) in [6.45, 7) is 0. The number of amides is 1. The summed E-state index contributed by atoms with van der Waals surface area (Å²) in [4.78, 5) is 16.9. The first kappa shape index (κ1) is 15.8. The van der Waals surface area contributed by atoms with Crippen LogP contribution in [0.1, 0.15) is 23.0 Å². The molecule has 0 saturated carbocycles. The molecular formula is C19H19N3O2. The van der Waals surface area contributed by atoms with Crippen molar-refractivity contribution in [3.63, 3.8) is 0 Å². The number of phenols is 1. The van der Waals surface area contributed by atoms with Crippen molar-refractivity contribution >= 4 is 5.91 Å². The monoisotopic (exact) mass is 321 g/mol. The predicted molar refractivity (Wildman–Crippen MR) is 91.4 cm³/mol. The number of carbonyl (C=O) groups excluding carboxylic acids is 1. The van der Waals surface area contributed by atoms with E-state index in [1.807, 2.05) is 48.1 Å². The number of hydrogen-bond acceptors (Lipinski definition) is 3. The van der Waals surface area contributed by atoms with Gasteiger partial charge in [0.2, 0.25) is 5.91 Å². The third kappa shape index (κ3) is 3.63. The molecule has 5 nitrogen and oxygen atoms in total. The molecule has 0 saturated heterocycles. The summed E-state index contributed by atoms with van der Waals surface area (Å²) >= 11 is 0. The standard InChI is InChI=1S/C19H19N3O2/c1-22-12-11-20-19(22)18(15-5-3-2-4-6-15)21-17(24)13-14-7-9-16(23)10-8-14/h2-12,18,23H,13H2,1H3,(H,21,24). The van der Waals surface area contributed by atoms with Crippen LogP contribution in [0, 0.1) is 0 Å². The van der Waals surface area contributed by atoms with E-state index in [1.54, 1.807) is 30.5 Å². The van der Waals surface area contributed by atoms with Crippen molar-refractivity contribution in [2.24, 2.45) is 7.05 Å². The van der Waals surface area contributed by atoms with Gasteiger partial charge in [0, 0.05) is 19.4 Å². The van der Waals surface area contributed by atoms with Gasteiger partial charge in [0.1, 0.15) is 17.6 Å². The lowest BCUT2D eigenvalue weighted by molar-refractivity contribution is -0.121. The summed E-state index contributed by atoms with van der Waals surface area (Å²) in [6, 6.07) is 16.1. The minimum absolute atomic E-state index is 0.0995. The number of imidazole rings is 1. The Kier molecular flexibility index (Phi) is 4.61. The Bertz CT molecular complexity index is 810. The number of nitrogens with one attached hydrogen (secondary N) is 1. The van der Waals surface area contributed by atoms with Gasteiger partial charge in [0.05, 0.1) is 6.42 Å². The lowest BCUT2D eigenvalue weighted by Crippen LogP contribution is -2.32. The van der Waals surface area contributed by atoms with Gasteiger partial charge in [-0.1, -0.05) is 42.5 Å². The smallest absolute Gasteiger partial charge is 0.225 e. The maximum atomic E-state index is 12.5. The zero-order valence-electron chi connectivity index (χ0n) is 13.4. The van der Waals surface area contributed by atoms with E-state index in [0.29, 0.717) is 0 Å². The van der Waals surface area contributed by atoms with Crippen LogP contribution < -0.4 is 5.32 Å². The molecule has 1 unspecified atom stereocenters. The quantitative estimate of drug-likeness (QED) is 0.759. The van der Waals surface area contributed by atoms with Crippen molar-refractivity contribution in [1.29, 1.82) is 0 Å². The molecule has 1 atom stereocenters. The highest BCUT2D eigenvalue weighted by Gasteiger charge is 2.20. The SMILES string of the molecule is Cn1ccnc1C(NC(=O)Cc1ccc(O)cc1)c1ccccc1. The molecule has 0 aliphatic heterocycles. The van der Waals surface area contributed by atoms with Gasteiger partial charge in [0.15, 0.2) is 0 Å². The number of carbonyl (C=O) groups is 1. The Hall–Kier alpha value is -3.08. The molecule has 0 radical (unpaired) electrons. The van der Waals surface area contributed by atoms with E-state index in [9.17, 15) is 9.90 Å². The molecule has 0 aliphatic rings. The lowest BCUT2D eigenvalue weighted by atomic mass is 10.1. The first-order chi connectivity index (χ1) is 11.6. The van der Waals surface area contributed by atoms with Crippen LogP contribution in [0.25, 0.3) is 0 Å². The Morgan fingerprint density at radius 1 is 1.17 bits per heavy atom. The van der Waals surface area contributed by atoms with Crippen LogP contribution in [0.15, 0.2) is 67.0 Å². The first-order valence-electron chi connectivity index (χ1n) is 7.73. The number of rotatable bonds is 5. The molecule has 3 aromatic rings. The highest BCUT2D eigenvalue weighted by Crippen LogP contribution is 2.20. The highest BCUT2D eigenvalue weighted by atomic mass is 16.3. The molecule has 1 amide bonds. The number of phenolic OH excluding ortho intramolecular Hbond substituents is 1. The maximum absolute atomic E-state index is 12.5. The summed E-state index contributed by atoms with van der Waals surface area (Å²) in [5.74, 6) is 0.868. The Labute approximate surface area is 140 Å². The van der Waals surface area contributed by atoms with Crippen LogP contribution in [-0.2, 0) is 18.3 Å². The molecule has 0 aliphatic carbocycles. The third-order valence-electron chi connectivity index (χ3n) is 3.86. The number of hydrogen-bond donors (Lipinski definition) is 2. The largest absolute Gasteiger partial charge is 0.508 e. The van der Waals surface area contributed by atoms with E-state index < -0.39 is 0 Å². The molecule has 122 valence electrons. The molecule has 1 aromatic heterocycles. The molecule has 24 heavy (non-hydrogen) atoms. The fourth-order valence-corrected chi connectivity index (χ4v) is 2.61. The Morgan fingerprint density at radius 2 is 1.88 bits per heavy atom. The fraction of sp³-hybridized carbons (Fsp3) is 0.158. The minimum atomic E-state index is -0.309. The van der Waals surface area contributed by atoms with Crippen molar-refractivity contribution in [2.75, 3.05) is 0 Å². The van der Waals surface area contributed by atoms with Crippen molar-refractivity contribution in [2.45, 2.75) is 12.5 Å². The fourth-order valence-electron chi connectivity index (χ4n) is 2.61. The molecule has 0 fully saturated rings. The molecule has 2 N–H and O–H groups in total. The molecule has 0 bridgehead atoms. The molecule has 5 heteroatoms. The van der Waals surface area contributed by atoms with E-state index in [0.717, 1.165) is 17.0 Å². The van der Waals surface area contributed by atoms with Gasteiger partial charge in [-0.2, -0.15) is 0 Å². The number of aromatic hydroxyl groups is 1. The lowest BCUT2D eigenvalue weighted by Gasteiger charge is -2.19. The van der Waals surface area contributed by atoms with Crippen LogP contribution in [0.4, 0.5) is 0 Å². The Balaban J connectivity index is 1.80.